The van der Waals surface area contributed by atoms with E-state index in [1.807, 2.05) is 13.0 Å². The van der Waals surface area contributed by atoms with Crippen LogP contribution in [-0.2, 0) is 24.1 Å². The molecule has 1 aliphatic rings. The maximum atomic E-state index is 13.0. The van der Waals surface area contributed by atoms with Crippen molar-refractivity contribution in [1.82, 2.24) is 4.90 Å². The second kappa shape index (κ2) is 10.6. The highest BCUT2D eigenvalue weighted by Gasteiger charge is 2.32. The van der Waals surface area contributed by atoms with E-state index in [9.17, 15) is 27.9 Å². The minimum absolute atomic E-state index is 0.0384. The Hall–Kier alpha value is -3.23. The molecule has 0 saturated heterocycles. The molecule has 0 saturated carbocycles. The molecule has 35 heavy (non-hydrogen) atoms. The number of carbonyl (C=O) groups is 2. The normalized spacial score (nSPS) is 15.4. The molecule has 2 aromatic carbocycles. The molecule has 2 N–H and O–H groups in total. The SMILES string of the molecule is CCCN(C(=O)Nc1ccc(OC(F)(F)F)cc1)C1Cc2ccc(CCC(C)(C)C(=O)O)cc2C1. The van der Waals surface area contributed by atoms with Crippen LogP contribution in [0.2, 0.25) is 0 Å². The number of carboxylic acid groups (broad SMARTS) is 1. The molecule has 190 valence electrons. The van der Waals surface area contributed by atoms with Crippen LogP contribution in [0, 0.1) is 5.41 Å². The number of hydrogen-bond donors (Lipinski definition) is 2. The Kier molecular flexibility index (Phi) is 7.97. The first kappa shape index (κ1) is 26.4. The number of hydrogen-bond acceptors (Lipinski definition) is 3. The van der Waals surface area contributed by atoms with E-state index >= 15 is 0 Å². The first-order chi connectivity index (χ1) is 16.4. The number of carbonyl (C=O) groups excluding carboxylic acids is 1. The molecule has 0 aromatic heterocycles. The van der Waals surface area contributed by atoms with Gasteiger partial charge in [-0.2, -0.15) is 0 Å². The molecule has 1 atom stereocenters. The molecule has 0 spiro atoms. The number of carboxylic acids is 1. The number of aliphatic carboxylic acids is 1. The number of ether oxygens (including phenoxy) is 1. The summed E-state index contributed by atoms with van der Waals surface area (Å²) in [5.74, 6) is -1.17. The van der Waals surface area contributed by atoms with E-state index in [4.69, 9.17) is 0 Å². The van der Waals surface area contributed by atoms with Crippen molar-refractivity contribution in [1.29, 1.82) is 0 Å². The van der Waals surface area contributed by atoms with Crippen molar-refractivity contribution in [2.75, 3.05) is 11.9 Å². The van der Waals surface area contributed by atoms with E-state index in [1.165, 1.54) is 17.7 Å². The number of aryl methyl sites for hydroxylation is 1. The average Bonchev–Trinajstić information content (AvgIpc) is 3.19. The van der Waals surface area contributed by atoms with Gasteiger partial charge >= 0.3 is 18.4 Å². The topological polar surface area (TPSA) is 78.9 Å². The van der Waals surface area contributed by atoms with E-state index in [0.717, 1.165) is 29.7 Å². The third-order valence-corrected chi connectivity index (χ3v) is 6.30. The Morgan fingerprint density at radius 2 is 1.74 bits per heavy atom. The monoisotopic (exact) mass is 492 g/mol. The summed E-state index contributed by atoms with van der Waals surface area (Å²) >= 11 is 0. The number of fused-ring (bicyclic) bond motifs is 1. The molecule has 2 aromatic rings. The maximum absolute atomic E-state index is 13.0. The molecular weight excluding hydrogens is 461 g/mol. The predicted molar refractivity (Wildman–Crippen MR) is 127 cm³/mol. The average molecular weight is 493 g/mol. The Balaban J connectivity index is 1.65. The molecule has 1 unspecified atom stereocenters. The Morgan fingerprint density at radius 3 is 2.34 bits per heavy atom. The van der Waals surface area contributed by atoms with E-state index in [1.54, 1.807) is 18.7 Å². The molecule has 0 aliphatic heterocycles. The zero-order chi connectivity index (χ0) is 25.8. The largest absolute Gasteiger partial charge is 0.573 e. The number of nitrogens with zero attached hydrogens (tertiary/aromatic N) is 1. The fourth-order valence-corrected chi connectivity index (χ4v) is 4.21. The van der Waals surface area contributed by atoms with E-state index in [2.05, 4.69) is 22.2 Å². The molecular formula is C26H31F3N2O4. The van der Waals surface area contributed by atoms with Crippen molar-refractivity contribution in [3.05, 3.63) is 59.2 Å². The molecule has 1 aliphatic carbocycles. The van der Waals surface area contributed by atoms with Gasteiger partial charge in [-0.05, 0) is 86.9 Å². The van der Waals surface area contributed by atoms with Gasteiger partial charge in [-0.15, -0.1) is 13.2 Å². The van der Waals surface area contributed by atoms with Gasteiger partial charge in [0.2, 0.25) is 0 Å². The highest BCUT2D eigenvalue weighted by Crippen LogP contribution is 2.30. The van der Waals surface area contributed by atoms with Gasteiger partial charge in [-0.3, -0.25) is 4.79 Å². The minimum Gasteiger partial charge on any atom is -0.481 e. The quantitative estimate of drug-likeness (QED) is 0.447. The van der Waals surface area contributed by atoms with Gasteiger partial charge in [0.15, 0.2) is 0 Å². The highest BCUT2D eigenvalue weighted by atomic mass is 19.4. The van der Waals surface area contributed by atoms with Gasteiger partial charge in [0.1, 0.15) is 5.75 Å². The van der Waals surface area contributed by atoms with Crippen molar-refractivity contribution in [2.24, 2.45) is 5.41 Å². The summed E-state index contributed by atoms with van der Waals surface area (Å²) in [6, 6.07) is 10.9. The molecule has 0 bridgehead atoms. The van der Waals surface area contributed by atoms with Gasteiger partial charge in [0.05, 0.1) is 5.41 Å². The lowest BCUT2D eigenvalue weighted by molar-refractivity contribution is -0.274. The van der Waals surface area contributed by atoms with E-state index in [-0.39, 0.29) is 17.8 Å². The lowest BCUT2D eigenvalue weighted by Gasteiger charge is -2.29. The third kappa shape index (κ3) is 7.13. The number of amides is 2. The predicted octanol–water partition coefficient (Wildman–Crippen LogP) is 6.04. The number of nitrogens with one attached hydrogen (secondary N) is 1. The summed E-state index contributed by atoms with van der Waals surface area (Å²) in [6.07, 6.45) is -1.42. The summed E-state index contributed by atoms with van der Waals surface area (Å²) in [6.45, 7) is 5.96. The van der Waals surface area contributed by atoms with Crippen LogP contribution in [0.15, 0.2) is 42.5 Å². The van der Waals surface area contributed by atoms with Crippen LogP contribution in [0.4, 0.5) is 23.7 Å². The highest BCUT2D eigenvalue weighted by molar-refractivity contribution is 5.89. The fourth-order valence-electron chi connectivity index (χ4n) is 4.21. The van der Waals surface area contributed by atoms with Crippen molar-refractivity contribution >= 4 is 17.7 Å². The number of benzene rings is 2. The van der Waals surface area contributed by atoms with Crippen LogP contribution in [0.25, 0.3) is 0 Å². The van der Waals surface area contributed by atoms with Crippen LogP contribution < -0.4 is 10.1 Å². The van der Waals surface area contributed by atoms with Crippen molar-refractivity contribution in [3.63, 3.8) is 0 Å². The minimum atomic E-state index is -4.77. The van der Waals surface area contributed by atoms with Crippen molar-refractivity contribution in [3.8, 4) is 5.75 Å². The third-order valence-electron chi connectivity index (χ3n) is 6.30. The zero-order valence-electron chi connectivity index (χ0n) is 20.1. The molecule has 6 nitrogen and oxygen atoms in total. The molecule has 2 amide bonds. The summed E-state index contributed by atoms with van der Waals surface area (Å²) in [5, 5.41) is 12.1. The van der Waals surface area contributed by atoms with Gasteiger partial charge in [0.25, 0.3) is 0 Å². The van der Waals surface area contributed by atoms with Gasteiger partial charge in [-0.25, -0.2) is 4.79 Å². The Bertz CT molecular complexity index is 1050. The summed E-state index contributed by atoms with van der Waals surface area (Å²) in [4.78, 5) is 26.2. The number of halogens is 3. The summed E-state index contributed by atoms with van der Waals surface area (Å²) < 4.78 is 40.9. The van der Waals surface area contributed by atoms with Crippen LogP contribution in [0.5, 0.6) is 5.75 Å². The molecule has 0 fully saturated rings. The maximum Gasteiger partial charge on any atom is 0.573 e. The smallest absolute Gasteiger partial charge is 0.481 e. The fraction of sp³-hybridized carbons (Fsp3) is 0.462. The van der Waals surface area contributed by atoms with E-state index < -0.39 is 17.7 Å². The molecule has 9 heteroatoms. The number of alkyl halides is 3. The number of rotatable bonds is 9. The summed E-state index contributed by atoms with van der Waals surface area (Å²) in [7, 11) is 0. The first-order valence-corrected chi connectivity index (χ1v) is 11.7. The van der Waals surface area contributed by atoms with Crippen LogP contribution in [0.1, 0.15) is 50.3 Å². The van der Waals surface area contributed by atoms with Crippen molar-refractivity contribution in [2.45, 2.75) is 65.3 Å². The number of anilines is 1. The number of urea groups is 1. The second-order valence-electron chi connectivity index (χ2n) is 9.55. The van der Waals surface area contributed by atoms with Crippen LogP contribution >= 0.6 is 0 Å². The van der Waals surface area contributed by atoms with Gasteiger partial charge < -0.3 is 20.1 Å². The van der Waals surface area contributed by atoms with Crippen LogP contribution in [0.3, 0.4) is 0 Å². The Labute approximate surface area is 203 Å². The molecule has 0 heterocycles. The van der Waals surface area contributed by atoms with Gasteiger partial charge in [0, 0.05) is 18.3 Å². The lowest BCUT2D eigenvalue weighted by atomic mass is 9.86. The molecule has 0 radical (unpaired) electrons. The van der Waals surface area contributed by atoms with Crippen LogP contribution in [-0.4, -0.2) is 41.0 Å². The zero-order valence-corrected chi connectivity index (χ0v) is 20.1. The first-order valence-electron chi connectivity index (χ1n) is 11.7. The van der Waals surface area contributed by atoms with Gasteiger partial charge in [-0.1, -0.05) is 25.1 Å². The van der Waals surface area contributed by atoms with Crippen molar-refractivity contribution < 1.29 is 32.6 Å². The lowest BCUT2D eigenvalue weighted by Crippen LogP contribution is -2.43. The Morgan fingerprint density at radius 1 is 1.09 bits per heavy atom. The standard InChI is InChI=1S/C26H31F3N2O4/c1-4-13-31(24(34)30-20-7-9-22(10-8-20)35-26(27,28)29)21-15-18-6-5-17(14-19(18)16-21)11-12-25(2,3)23(32)33/h5-10,14,21H,4,11-13,15-16H2,1-3H3,(H,30,34)(H,32,33). The second-order valence-corrected chi connectivity index (χ2v) is 9.55. The van der Waals surface area contributed by atoms with E-state index in [0.29, 0.717) is 37.9 Å². The molecule has 3 rings (SSSR count). The summed E-state index contributed by atoms with van der Waals surface area (Å²) in [5.41, 5.74) is 2.98.